The van der Waals surface area contributed by atoms with Gasteiger partial charge >= 0.3 is 0 Å². The van der Waals surface area contributed by atoms with Crippen LogP contribution < -0.4 is 0 Å². The van der Waals surface area contributed by atoms with Gasteiger partial charge in [-0.2, -0.15) is 0 Å². The second-order valence-electron chi connectivity index (χ2n) is 6.29. The molecular weight excluding hydrogens is 314 g/mol. The van der Waals surface area contributed by atoms with Crippen LogP contribution in [0.15, 0.2) is 28.7 Å². The molecule has 0 amide bonds. The van der Waals surface area contributed by atoms with E-state index in [9.17, 15) is 5.11 Å². The summed E-state index contributed by atoms with van der Waals surface area (Å²) in [6.07, 6.45) is 7.50. The molecule has 0 radical (unpaired) electrons. The molecule has 0 bridgehead atoms. The van der Waals surface area contributed by atoms with Crippen molar-refractivity contribution in [2.45, 2.75) is 50.7 Å². The molecule has 3 heteroatoms. The average Bonchev–Trinajstić information content (AvgIpc) is 2.94. The van der Waals surface area contributed by atoms with Crippen molar-refractivity contribution in [2.75, 3.05) is 13.1 Å². The minimum atomic E-state index is -0.329. The van der Waals surface area contributed by atoms with E-state index in [4.69, 9.17) is 0 Å². The molecule has 1 aliphatic carbocycles. The fourth-order valence-corrected chi connectivity index (χ4v) is 4.24. The SMILES string of the molecule is OC(CCN1CCCC2CCCC21)c1ccc(Br)cc1. The van der Waals surface area contributed by atoms with Gasteiger partial charge in [-0.05, 0) is 62.3 Å². The number of hydrogen-bond acceptors (Lipinski definition) is 2. The molecule has 3 atom stereocenters. The zero-order valence-electron chi connectivity index (χ0n) is 12.0. The Morgan fingerprint density at radius 1 is 1.15 bits per heavy atom. The summed E-state index contributed by atoms with van der Waals surface area (Å²) in [5.74, 6) is 0.938. The van der Waals surface area contributed by atoms with Crippen LogP contribution in [0.1, 0.15) is 50.2 Å². The first-order chi connectivity index (χ1) is 9.74. The highest BCUT2D eigenvalue weighted by atomic mass is 79.9. The van der Waals surface area contributed by atoms with E-state index in [-0.39, 0.29) is 6.10 Å². The first-order valence-electron chi connectivity index (χ1n) is 7.91. The lowest BCUT2D eigenvalue weighted by atomic mass is 9.91. The number of likely N-dealkylation sites (tertiary alicyclic amines) is 1. The van der Waals surface area contributed by atoms with Crippen molar-refractivity contribution >= 4 is 15.9 Å². The summed E-state index contributed by atoms with van der Waals surface area (Å²) in [7, 11) is 0. The molecule has 1 heterocycles. The topological polar surface area (TPSA) is 23.5 Å². The Morgan fingerprint density at radius 3 is 2.70 bits per heavy atom. The average molecular weight is 338 g/mol. The molecule has 0 spiro atoms. The maximum Gasteiger partial charge on any atom is 0.0802 e. The van der Waals surface area contributed by atoms with E-state index < -0.39 is 0 Å². The largest absolute Gasteiger partial charge is 0.388 e. The van der Waals surface area contributed by atoms with Gasteiger partial charge in [-0.15, -0.1) is 0 Å². The highest BCUT2D eigenvalue weighted by molar-refractivity contribution is 9.10. The summed E-state index contributed by atoms with van der Waals surface area (Å²) in [5, 5.41) is 10.3. The summed E-state index contributed by atoms with van der Waals surface area (Å²) in [4.78, 5) is 2.64. The molecule has 1 aromatic carbocycles. The summed E-state index contributed by atoms with van der Waals surface area (Å²) >= 11 is 3.44. The molecule has 1 N–H and O–H groups in total. The van der Waals surface area contributed by atoms with Crippen LogP contribution in [0, 0.1) is 5.92 Å². The lowest BCUT2D eigenvalue weighted by molar-refractivity contribution is 0.0834. The van der Waals surface area contributed by atoms with Crippen LogP contribution in [0.2, 0.25) is 0 Å². The van der Waals surface area contributed by atoms with Crippen LogP contribution >= 0.6 is 15.9 Å². The van der Waals surface area contributed by atoms with Crippen molar-refractivity contribution in [3.05, 3.63) is 34.3 Å². The van der Waals surface area contributed by atoms with Crippen molar-refractivity contribution in [1.29, 1.82) is 0 Å². The second kappa shape index (κ2) is 6.59. The molecular formula is C17H24BrNO. The molecule has 110 valence electrons. The first kappa shape index (κ1) is 14.6. The molecule has 20 heavy (non-hydrogen) atoms. The van der Waals surface area contributed by atoms with Gasteiger partial charge in [0.25, 0.3) is 0 Å². The minimum absolute atomic E-state index is 0.329. The third kappa shape index (κ3) is 3.26. The molecule has 1 saturated carbocycles. The van der Waals surface area contributed by atoms with E-state index in [1.807, 2.05) is 24.3 Å². The van der Waals surface area contributed by atoms with Gasteiger partial charge in [-0.1, -0.05) is 34.5 Å². The van der Waals surface area contributed by atoms with Crippen LogP contribution in [-0.4, -0.2) is 29.1 Å². The summed E-state index contributed by atoms with van der Waals surface area (Å²) < 4.78 is 1.07. The number of piperidine rings is 1. The fourth-order valence-electron chi connectivity index (χ4n) is 3.97. The maximum atomic E-state index is 10.3. The van der Waals surface area contributed by atoms with E-state index in [1.165, 1.54) is 38.6 Å². The summed E-state index contributed by atoms with van der Waals surface area (Å²) in [6, 6.07) is 8.85. The molecule has 1 aliphatic heterocycles. The summed E-state index contributed by atoms with van der Waals surface area (Å²) in [6.45, 7) is 2.27. The Kier molecular flexibility index (Phi) is 4.79. The van der Waals surface area contributed by atoms with E-state index in [0.29, 0.717) is 0 Å². The first-order valence-corrected chi connectivity index (χ1v) is 8.71. The monoisotopic (exact) mass is 337 g/mol. The Morgan fingerprint density at radius 2 is 1.90 bits per heavy atom. The molecule has 2 aliphatic rings. The van der Waals surface area contributed by atoms with Crippen molar-refractivity contribution in [3.8, 4) is 0 Å². The summed E-state index contributed by atoms with van der Waals surface area (Å²) in [5.41, 5.74) is 1.04. The third-order valence-electron chi connectivity index (χ3n) is 5.05. The zero-order chi connectivity index (χ0) is 13.9. The molecule has 1 saturated heterocycles. The quantitative estimate of drug-likeness (QED) is 0.892. The minimum Gasteiger partial charge on any atom is -0.388 e. The number of aliphatic hydroxyl groups is 1. The highest BCUT2D eigenvalue weighted by Crippen LogP contribution is 2.37. The Hall–Kier alpha value is -0.380. The number of fused-ring (bicyclic) bond motifs is 1. The lowest BCUT2D eigenvalue weighted by Gasteiger charge is -2.38. The van der Waals surface area contributed by atoms with Gasteiger partial charge in [-0.25, -0.2) is 0 Å². The molecule has 2 fully saturated rings. The predicted molar refractivity (Wildman–Crippen MR) is 85.7 cm³/mol. The fraction of sp³-hybridized carbons (Fsp3) is 0.647. The van der Waals surface area contributed by atoms with Crippen molar-refractivity contribution in [1.82, 2.24) is 4.90 Å². The zero-order valence-corrected chi connectivity index (χ0v) is 13.6. The number of rotatable bonds is 4. The van der Waals surface area contributed by atoms with Crippen LogP contribution in [0.3, 0.4) is 0 Å². The maximum absolute atomic E-state index is 10.3. The molecule has 3 unspecified atom stereocenters. The van der Waals surface area contributed by atoms with E-state index in [1.54, 1.807) is 0 Å². The van der Waals surface area contributed by atoms with Gasteiger partial charge < -0.3 is 10.0 Å². The second-order valence-corrected chi connectivity index (χ2v) is 7.21. The Balaban J connectivity index is 1.54. The van der Waals surface area contributed by atoms with Crippen molar-refractivity contribution < 1.29 is 5.11 Å². The number of nitrogens with zero attached hydrogens (tertiary/aromatic N) is 1. The van der Waals surface area contributed by atoms with Gasteiger partial charge in [0.2, 0.25) is 0 Å². The highest BCUT2D eigenvalue weighted by Gasteiger charge is 2.34. The normalized spacial score (nSPS) is 28.3. The number of benzene rings is 1. The number of hydrogen-bond donors (Lipinski definition) is 1. The number of aliphatic hydroxyl groups excluding tert-OH is 1. The van der Waals surface area contributed by atoms with Crippen LogP contribution in [-0.2, 0) is 0 Å². The molecule has 0 aromatic heterocycles. The molecule has 1 aromatic rings. The predicted octanol–water partition coefficient (Wildman–Crippen LogP) is 4.14. The Bertz CT molecular complexity index is 433. The van der Waals surface area contributed by atoms with E-state index >= 15 is 0 Å². The van der Waals surface area contributed by atoms with Crippen LogP contribution in [0.4, 0.5) is 0 Å². The Labute approximate surface area is 130 Å². The van der Waals surface area contributed by atoms with Gasteiger partial charge in [0.05, 0.1) is 6.10 Å². The van der Waals surface area contributed by atoms with Gasteiger partial charge in [0.1, 0.15) is 0 Å². The van der Waals surface area contributed by atoms with Crippen LogP contribution in [0.5, 0.6) is 0 Å². The van der Waals surface area contributed by atoms with Gasteiger partial charge in [-0.3, -0.25) is 0 Å². The standard InChI is InChI=1S/C17H24BrNO/c18-15-8-6-14(7-9-15)17(20)10-12-19-11-2-4-13-3-1-5-16(13)19/h6-9,13,16-17,20H,1-5,10-12H2. The van der Waals surface area contributed by atoms with Crippen molar-refractivity contribution in [3.63, 3.8) is 0 Å². The number of halogens is 1. The molecule has 3 rings (SSSR count). The third-order valence-corrected chi connectivity index (χ3v) is 5.58. The van der Waals surface area contributed by atoms with Gasteiger partial charge in [0.15, 0.2) is 0 Å². The van der Waals surface area contributed by atoms with Crippen LogP contribution in [0.25, 0.3) is 0 Å². The van der Waals surface area contributed by atoms with E-state index in [2.05, 4.69) is 20.8 Å². The smallest absolute Gasteiger partial charge is 0.0802 e. The van der Waals surface area contributed by atoms with Crippen molar-refractivity contribution in [2.24, 2.45) is 5.92 Å². The van der Waals surface area contributed by atoms with E-state index in [0.717, 1.165) is 35.0 Å². The van der Waals surface area contributed by atoms with Gasteiger partial charge in [0, 0.05) is 17.1 Å². The lowest BCUT2D eigenvalue weighted by Crippen LogP contribution is -2.43. The molecule has 2 nitrogen and oxygen atoms in total.